The molecular weight excluding hydrogens is 460 g/mol. The van der Waals surface area contributed by atoms with Gasteiger partial charge in [0.2, 0.25) is 5.91 Å². The molecule has 2 amide bonds. The fourth-order valence-electron chi connectivity index (χ4n) is 7.44. The zero-order valence-corrected chi connectivity index (χ0v) is 20.6. The van der Waals surface area contributed by atoms with Crippen molar-refractivity contribution in [3.8, 4) is 11.1 Å². The smallest absolute Gasteiger partial charge is 0.274 e. The molecule has 186 valence electrons. The van der Waals surface area contributed by atoms with Crippen molar-refractivity contribution in [2.75, 3.05) is 10.6 Å². The molecule has 4 saturated carbocycles. The molecule has 3 N–H and O–H groups in total. The van der Waals surface area contributed by atoms with Gasteiger partial charge in [-0.2, -0.15) is 0 Å². The van der Waals surface area contributed by atoms with Crippen LogP contribution in [0.3, 0.4) is 0 Å². The number of H-pyrrole nitrogens is 1. The van der Waals surface area contributed by atoms with E-state index in [2.05, 4.69) is 26.7 Å². The molecule has 6 heteroatoms. The van der Waals surface area contributed by atoms with Gasteiger partial charge in [-0.1, -0.05) is 18.2 Å². The summed E-state index contributed by atoms with van der Waals surface area (Å²) in [6.07, 6.45) is 9.96. The molecular formula is C31H30N4O2. The normalized spacial score (nSPS) is 25.8. The first-order valence-corrected chi connectivity index (χ1v) is 13.4. The molecule has 0 unspecified atom stereocenters. The number of benzene rings is 2. The second kappa shape index (κ2) is 8.87. The molecule has 4 aliphatic carbocycles. The van der Waals surface area contributed by atoms with E-state index in [4.69, 9.17) is 0 Å². The Morgan fingerprint density at radius 2 is 1.54 bits per heavy atom. The fourth-order valence-corrected chi connectivity index (χ4v) is 7.44. The van der Waals surface area contributed by atoms with E-state index in [0.29, 0.717) is 23.2 Å². The maximum Gasteiger partial charge on any atom is 0.274 e. The number of hydrogen-bond donors (Lipinski definition) is 3. The summed E-state index contributed by atoms with van der Waals surface area (Å²) in [6, 6.07) is 19.2. The van der Waals surface area contributed by atoms with Crippen LogP contribution in [-0.2, 0) is 4.79 Å². The second-order valence-corrected chi connectivity index (χ2v) is 11.2. The fraction of sp³-hybridized carbons (Fsp3) is 0.323. The van der Waals surface area contributed by atoms with Gasteiger partial charge in [0.25, 0.3) is 5.91 Å². The molecule has 4 bridgehead atoms. The van der Waals surface area contributed by atoms with Gasteiger partial charge in [-0.25, -0.2) is 0 Å². The summed E-state index contributed by atoms with van der Waals surface area (Å²) < 4.78 is 0. The molecule has 2 aromatic carbocycles. The molecule has 0 aliphatic heterocycles. The maximum atomic E-state index is 13.4. The van der Waals surface area contributed by atoms with Crippen LogP contribution in [-0.4, -0.2) is 21.8 Å². The summed E-state index contributed by atoms with van der Waals surface area (Å²) in [6.45, 7) is 0. The highest BCUT2D eigenvalue weighted by Gasteiger charge is 2.50. The minimum atomic E-state index is -0.236. The zero-order chi connectivity index (χ0) is 24.9. The van der Waals surface area contributed by atoms with Crippen molar-refractivity contribution in [3.05, 3.63) is 78.8 Å². The topological polar surface area (TPSA) is 86.9 Å². The van der Waals surface area contributed by atoms with E-state index < -0.39 is 0 Å². The highest BCUT2D eigenvalue weighted by atomic mass is 16.2. The summed E-state index contributed by atoms with van der Waals surface area (Å²) in [5.74, 6) is 3.00. The number of nitrogens with one attached hydrogen (secondary N) is 3. The molecule has 37 heavy (non-hydrogen) atoms. The monoisotopic (exact) mass is 490 g/mol. The summed E-state index contributed by atoms with van der Waals surface area (Å²) in [4.78, 5) is 33.3. The van der Waals surface area contributed by atoms with Crippen LogP contribution in [0.2, 0.25) is 0 Å². The quantitative estimate of drug-likeness (QED) is 0.299. The van der Waals surface area contributed by atoms with Crippen molar-refractivity contribution in [2.45, 2.75) is 32.1 Å². The Kier molecular flexibility index (Phi) is 5.34. The van der Waals surface area contributed by atoms with Gasteiger partial charge in [-0.3, -0.25) is 14.6 Å². The van der Waals surface area contributed by atoms with Gasteiger partial charge < -0.3 is 15.6 Å². The van der Waals surface area contributed by atoms with Crippen molar-refractivity contribution in [1.82, 2.24) is 9.97 Å². The van der Waals surface area contributed by atoms with Crippen molar-refractivity contribution >= 4 is 34.1 Å². The lowest BCUT2D eigenvalue weighted by atomic mass is 9.51. The van der Waals surface area contributed by atoms with Crippen LogP contribution in [0.5, 0.6) is 0 Å². The summed E-state index contributed by atoms with van der Waals surface area (Å²) in [5.41, 5.74) is 5.06. The number of carbonyl (C=O) groups excluding carboxylic acids is 2. The third-order valence-electron chi connectivity index (χ3n) is 8.83. The SMILES string of the molecule is O=C(Nc1ccc(-c2c[nH]c3ccc(NC(=O)C4C5C[C@H]6C[C@@H](C5)C[C@@H]4C6)cc23)cc1)c1ccccn1. The Hall–Kier alpha value is -3.93. The van der Waals surface area contributed by atoms with Gasteiger partial charge in [0.05, 0.1) is 0 Å². The van der Waals surface area contributed by atoms with E-state index >= 15 is 0 Å². The van der Waals surface area contributed by atoms with E-state index in [0.717, 1.165) is 39.6 Å². The number of nitrogens with zero attached hydrogens (tertiary/aromatic N) is 1. The number of fused-ring (bicyclic) bond motifs is 1. The number of hydrogen-bond acceptors (Lipinski definition) is 3. The molecule has 0 radical (unpaired) electrons. The number of aromatic nitrogens is 2. The minimum Gasteiger partial charge on any atom is -0.361 e. The summed E-state index contributed by atoms with van der Waals surface area (Å²) >= 11 is 0. The molecule has 8 rings (SSSR count). The predicted molar refractivity (Wildman–Crippen MR) is 145 cm³/mol. The highest BCUT2D eigenvalue weighted by molar-refractivity contribution is 6.03. The van der Waals surface area contributed by atoms with Crippen LogP contribution in [0.15, 0.2) is 73.1 Å². The maximum absolute atomic E-state index is 13.4. The van der Waals surface area contributed by atoms with Crippen LogP contribution in [0.1, 0.15) is 42.6 Å². The van der Waals surface area contributed by atoms with Crippen molar-refractivity contribution in [3.63, 3.8) is 0 Å². The van der Waals surface area contributed by atoms with Crippen LogP contribution in [0, 0.1) is 29.6 Å². The van der Waals surface area contributed by atoms with Crippen LogP contribution >= 0.6 is 0 Å². The average molecular weight is 491 g/mol. The zero-order valence-electron chi connectivity index (χ0n) is 20.6. The van der Waals surface area contributed by atoms with Crippen LogP contribution in [0.25, 0.3) is 22.0 Å². The molecule has 0 saturated heterocycles. The molecule has 4 fully saturated rings. The third-order valence-corrected chi connectivity index (χ3v) is 8.83. The number of anilines is 2. The summed E-state index contributed by atoms with van der Waals surface area (Å²) in [7, 11) is 0. The van der Waals surface area contributed by atoms with E-state index in [1.165, 1.54) is 32.1 Å². The molecule has 2 aromatic heterocycles. The van der Waals surface area contributed by atoms with Gasteiger partial charge in [0, 0.05) is 46.2 Å². The number of amides is 2. The first-order valence-electron chi connectivity index (χ1n) is 13.4. The van der Waals surface area contributed by atoms with E-state index in [9.17, 15) is 9.59 Å². The standard InChI is InChI=1S/C31H30N4O2/c36-30(28-3-1-2-10-32-28)34-23-6-4-20(5-7-23)26-17-33-27-9-8-24(16-25(26)27)35-31(37)29-21-12-18-11-19(14-21)15-22(29)13-18/h1-10,16-19,21-22,29,33H,11-15H2,(H,34,36)(H,35,37)/t18-,19+,21-,22?,29?. The number of rotatable bonds is 5. The Bertz CT molecular complexity index is 1450. The van der Waals surface area contributed by atoms with Crippen LogP contribution in [0.4, 0.5) is 11.4 Å². The molecule has 4 aliphatic rings. The predicted octanol–water partition coefficient (Wildman–Crippen LogP) is 6.49. The van der Waals surface area contributed by atoms with Crippen molar-refractivity contribution in [1.29, 1.82) is 0 Å². The highest BCUT2D eigenvalue weighted by Crippen LogP contribution is 2.56. The van der Waals surface area contributed by atoms with Gasteiger partial charge in [-0.05, 0) is 104 Å². The Morgan fingerprint density at radius 3 is 2.24 bits per heavy atom. The lowest BCUT2D eigenvalue weighted by Gasteiger charge is -2.53. The third kappa shape index (κ3) is 4.10. The first kappa shape index (κ1) is 22.3. The van der Waals surface area contributed by atoms with Crippen molar-refractivity contribution < 1.29 is 9.59 Å². The first-order chi connectivity index (χ1) is 18.1. The molecule has 4 aromatic rings. The van der Waals surface area contributed by atoms with Gasteiger partial charge in [0.1, 0.15) is 5.69 Å². The van der Waals surface area contributed by atoms with E-state index in [-0.39, 0.29) is 17.7 Å². The number of pyridine rings is 1. The average Bonchev–Trinajstić information content (AvgIpc) is 3.32. The van der Waals surface area contributed by atoms with E-state index in [1.54, 1.807) is 24.4 Å². The Labute approximate surface area is 215 Å². The summed E-state index contributed by atoms with van der Waals surface area (Å²) in [5, 5.41) is 7.23. The van der Waals surface area contributed by atoms with Gasteiger partial charge >= 0.3 is 0 Å². The lowest BCUT2D eigenvalue weighted by Crippen LogP contribution is -2.49. The van der Waals surface area contributed by atoms with Gasteiger partial charge in [0.15, 0.2) is 0 Å². The number of aromatic amines is 1. The Morgan fingerprint density at radius 1 is 0.811 bits per heavy atom. The minimum absolute atomic E-state index is 0.169. The number of carbonyl (C=O) groups is 2. The lowest BCUT2D eigenvalue weighted by molar-refractivity contribution is -0.132. The molecule has 2 heterocycles. The molecule has 0 atom stereocenters. The second-order valence-electron chi connectivity index (χ2n) is 11.2. The largest absolute Gasteiger partial charge is 0.361 e. The van der Waals surface area contributed by atoms with Gasteiger partial charge in [-0.15, -0.1) is 0 Å². The van der Waals surface area contributed by atoms with E-state index in [1.807, 2.05) is 42.6 Å². The Balaban J connectivity index is 1.09. The molecule has 0 spiro atoms. The van der Waals surface area contributed by atoms with Crippen molar-refractivity contribution in [2.24, 2.45) is 29.6 Å². The molecule has 6 nitrogen and oxygen atoms in total. The van der Waals surface area contributed by atoms with Crippen LogP contribution < -0.4 is 10.6 Å².